The van der Waals surface area contributed by atoms with Gasteiger partial charge in [0, 0.05) is 11.6 Å². The van der Waals surface area contributed by atoms with Crippen molar-refractivity contribution in [3.8, 4) is 11.5 Å². The Kier molecular flexibility index (Phi) is 3.22. The highest BCUT2D eigenvalue weighted by Gasteiger charge is 2.31. The van der Waals surface area contributed by atoms with Crippen molar-refractivity contribution in [2.24, 2.45) is 5.14 Å². The summed E-state index contributed by atoms with van der Waals surface area (Å²) < 4.78 is 40.0. The summed E-state index contributed by atoms with van der Waals surface area (Å²) >= 11 is 0.754. The van der Waals surface area contributed by atoms with Crippen LogP contribution in [0.25, 0.3) is 10.9 Å². The van der Waals surface area contributed by atoms with Crippen molar-refractivity contribution in [2.45, 2.75) is 11.3 Å². The second kappa shape index (κ2) is 4.54. The first-order valence-corrected chi connectivity index (χ1v) is 5.53. The van der Waals surface area contributed by atoms with Gasteiger partial charge in [0.2, 0.25) is 0 Å². The quantitative estimate of drug-likeness (QED) is 0.825. The molecule has 0 amide bonds. The maximum atomic E-state index is 12.1. The van der Waals surface area contributed by atoms with Gasteiger partial charge in [-0.1, -0.05) is 0 Å². The molecule has 0 saturated carbocycles. The zero-order valence-corrected chi connectivity index (χ0v) is 9.55. The van der Waals surface area contributed by atoms with Crippen LogP contribution in [0, 0.1) is 0 Å². The van der Waals surface area contributed by atoms with Gasteiger partial charge in [-0.25, -0.2) is 0 Å². The molecule has 0 saturated heterocycles. The average Bonchev–Trinajstić information content (AvgIpc) is 2.28. The minimum Gasteiger partial charge on any atom is -0.506 e. The second-order valence-electron chi connectivity index (χ2n) is 3.32. The summed E-state index contributed by atoms with van der Waals surface area (Å²) in [6, 6.07) is 3.50. The van der Waals surface area contributed by atoms with E-state index in [9.17, 15) is 18.3 Å². The predicted octanol–water partition coefficient (Wildman–Crippen LogP) is 2.80. The van der Waals surface area contributed by atoms with E-state index >= 15 is 0 Å². The lowest BCUT2D eigenvalue weighted by Crippen LogP contribution is -2.17. The summed E-state index contributed by atoms with van der Waals surface area (Å²) in [6.07, 6.45) is -3.44. The monoisotopic (exact) mass is 276 g/mol. The SMILES string of the molecule is NSc1cnc2ccc(OC(F)(F)F)cc2c1O. The Hall–Kier alpha value is -1.67. The zero-order chi connectivity index (χ0) is 13.3. The number of ether oxygens (including phenoxy) is 1. The molecule has 2 aromatic rings. The highest BCUT2D eigenvalue weighted by molar-refractivity contribution is 7.97. The molecule has 1 heterocycles. The van der Waals surface area contributed by atoms with E-state index in [4.69, 9.17) is 5.14 Å². The van der Waals surface area contributed by atoms with Crippen LogP contribution in [0.4, 0.5) is 13.2 Å². The van der Waals surface area contributed by atoms with Crippen molar-refractivity contribution in [1.29, 1.82) is 0 Å². The summed E-state index contributed by atoms with van der Waals surface area (Å²) in [7, 11) is 0. The molecule has 4 nitrogen and oxygen atoms in total. The number of alkyl halides is 3. The standard InChI is InChI=1S/C10H7F3N2O2S/c11-10(12,13)17-5-1-2-7-6(3-5)9(16)8(18-14)4-15-7/h1-4H,14H2,(H,15,16). The highest BCUT2D eigenvalue weighted by Crippen LogP contribution is 2.34. The molecule has 18 heavy (non-hydrogen) atoms. The molecule has 0 bridgehead atoms. The van der Waals surface area contributed by atoms with E-state index in [2.05, 4.69) is 9.72 Å². The Morgan fingerprint density at radius 1 is 1.33 bits per heavy atom. The van der Waals surface area contributed by atoms with Crippen molar-refractivity contribution >= 4 is 22.9 Å². The third-order valence-corrected chi connectivity index (χ3v) is 2.69. The van der Waals surface area contributed by atoms with Gasteiger partial charge >= 0.3 is 6.36 Å². The van der Waals surface area contributed by atoms with Gasteiger partial charge in [0.05, 0.1) is 10.4 Å². The number of pyridine rings is 1. The third kappa shape index (κ3) is 2.59. The summed E-state index contributed by atoms with van der Waals surface area (Å²) in [5.41, 5.74) is 0.347. The van der Waals surface area contributed by atoms with Gasteiger partial charge in [-0.05, 0) is 30.1 Å². The van der Waals surface area contributed by atoms with Gasteiger partial charge in [0.15, 0.2) is 0 Å². The average molecular weight is 276 g/mol. The molecule has 0 spiro atoms. The number of rotatable bonds is 2. The van der Waals surface area contributed by atoms with Crippen LogP contribution in [0.1, 0.15) is 0 Å². The van der Waals surface area contributed by atoms with Gasteiger partial charge in [-0.2, -0.15) is 0 Å². The smallest absolute Gasteiger partial charge is 0.506 e. The van der Waals surface area contributed by atoms with Crippen molar-refractivity contribution in [3.05, 3.63) is 24.4 Å². The summed E-state index contributed by atoms with van der Waals surface area (Å²) in [5.74, 6) is -0.647. The number of fused-ring (bicyclic) bond motifs is 1. The van der Waals surface area contributed by atoms with E-state index in [0.717, 1.165) is 24.1 Å². The van der Waals surface area contributed by atoms with Crippen molar-refractivity contribution < 1.29 is 23.0 Å². The summed E-state index contributed by atoms with van der Waals surface area (Å²) in [6.45, 7) is 0. The minimum atomic E-state index is -4.78. The van der Waals surface area contributed by atoms with Gasteiger partial charge < -0.3 is 9.84 Å². The molecule has 1 aromatic heterocycles. The molecule has 96 valence electrons. The molecule has 0 unspecified atom stereocenters. The number of hydrogen-bond acceptors (Lipinski definition) is 5. The topological polar surface area (TPSA) is 68.4 Å². The molecular weight excluding hydrogens is 269 g/mol. The van der Waals surface area contributed by atoms with Crippen LogP contribution in [0.5, 0.6) is 11.5 Å². The fourth-order valence-electron chi connectivity index (χ4n) is 1.42. The molecule has 0 aliphatic heterocycles. The van der Waals surface area contributed by atoms with E-state index in [0.29, 0.717) is 5.52 Å². The van der Waals surface area contributed by atoms with Crippen LogP contribution in [-0.2, 0) is 0 Å². The van der Waals surface area contributed by atoms with Gasteiger partial charge in [-0.15, -0.1) is 13.2 Å². The molecule has 8 heteroatoms. The summed E-state index contributed by atoms with van der Waals surface area (Å²) in [5, 5.41) is 15.2. The first-order valence-electron chi connectivity index (χ1n) is 4.65. The van der Waals surface area contributed by atoms with E-state index in [1.165, 1.54) is 12.3 Å². The van der Waals surface area contributed by atoms with Crippen molar-refractivity contribution in [2.75, 3.05) is 0 Å². The lowest BCUT2D eigenvalue weighted by molar-refractivity contribution is -0.274. The Bertz CT molecular complexity index is 589. The summed E-state index contributed by atoms with van der Waals surface area (Å²) in [4.78, 5) is 4.22. The van der Waals surface area contributed by atoms with E-state index in [-0.39, 0.29) is 16.0 Å². The largest absolute Gasteiger partial charge is 0.573 e. The first-order chi connectivity index (χ1) is 8.40. The maximum Gasteiger partial charge on any atom is 0.573 e. The molecular formula is C10H7F3N2O2S. The van der Waals surface area contributed by atoms with Gasteiger partial charge in [-0.3, -0.25) is 10.1 Å². The normalized spacial score (nSPS) is 11.8. The first kappa shape index (κ1) is 12.8. The van der Waals surface area contributed by atoms with Crippen LogP contribution in [-0.4, -0.2) is 16.5 Å². The van der Waals surface area contributed by atoms with Crippen molar-refractivity contribution in [3.63, 3.8) is 0 Å². The van der Waals surface area contributed by atoms with Crippen LogP contribution in [0.15, 0.2) is 29.3 Å². The Morgan fingerprint density at radius 2 is 2.06 bits per heavy atom. The number of aromatic hydroxyl groups is 1. The zero-order valence-electron chi connectivity index (χ0n) is 8.73. The number of aromatic nitrogens is 1. The molecule has 1 aromatic carbocycles. The number of nitrogens with zero attached hydrogens (tertiary/aromatic N) is 1. The van der Waals surface area contributed by atoms with E-state index in [1.54, 1.807) is 0 Å². The predicted molar refractivity (Wildman–Crippen MR) is 60.1 cm³/mol. The molecule has 0 aliphatic carbocycles. The Labute approximate surface area is 104 Å². The fraction of sp³-hybridized carbons (Fsp3) is 0.100. The number of halogens is 3. The van der Waals surface area contributed by atoms with Gasteiger partial charge in [0.1, 0.15) is 11.5 Å². The molecule has 0 fully saturated rings. The van der Waals surface area contributed by atoms with Crippen LogP contribution < -0.4 is 9.88 Å². The lowest BCUT2D eigenvalue weighted by Gasteiger charge is -2.10. The molecule has 0 atom stereocenters. The number of nitrogens with two attached hydrogens (primary N) is 1. The number of hydrogen-bond donors (Lipinski definition) is 2. The third-order valence-electron chi connectivity index (χ3n) is 2.14. The number of benzene rings is 1. The molecule has 2 rings (SSSR count). The maximum absolute atomic E-state index is 12.1. The van der Waals surface area contributed by atoms with Crippen molar-refractivity contribution in [1.82, 2.24) is 4.98 Å². The Morgan fingerprint density at radius 3 is 2.67 bits per heavy atom. The highest BCUT2D eigenvalue weighted by atomic mass is 32.2. The molecule has 0 radical (unpaired) electrons. The van der Waals surface area contributed by atoms with Gasteiger partial charge in [0.25, 0.3) is 0 Å². The van der Waals surface area contributed by atoms with Crippen LogP contribution >= 0.6 is 11.9 Å². The molecule has 3 N–H and O–H groups in total. The second-order valence-corrected chi connectivity index (χ2v) is 3.99. The minimum absolute atomic E-state index is 0.146. The van der Waals surface area contributed by atoms with Crippen LogP contribution in [0.3, 0.4) is 0 Å². The molecule has 0 aliphatic rings. The van der Waals surface area contributed by atoms with E-state index < -0.39 is 12.1 Å². The van der Waals surface area contributed by atoms with Crippen LogP contribution in [0.2, 0.25) is 0 Å². The lowest BCUT2D eigenvalue weighted by atomic mass is 10.2. The van der Waals surface area contributed by atoms with E-state index in [1.807, 2.05) is 0 Å². The Balaban J connectivity index is 2.52. The fourth-order valence-corrected chi connectivity index (χ4v) is 1.76.